The second-order valence-electron chi connectivity index (χ2n) is 4.24. The summed E-state index contributed by atoms with van der Waals surface area (Å²) in [4.78, 5) is 0. The SMILES string of the molecule is CC1[C@H](C)O[C@H](CO)[C@@H]1OP(C)(C)=S. The summed E-state index contributed by atoms with van der Waals surface area (Å²) in [5.74, 6) is 0.300. The zero-order chi connectivity index (χ0) is 10.9. The molecule has 84 valence electrons. The van der Waals surface area contributed by atoms with Gasteiger partial charge in [-0.3, -0.25) is 0 Å². The van der Waals surface area contributed by atoms with Crippen LogP contribution in [-0.4, -0.2) is 43.4 Å². The van der Waals surface area contributed by atoms with E-state index >= 15 is 0 Å². The standard InChI is InChI=1S/C9H19O3PS/c1-6-7(2)11-8(5-10)9(6)12-13(3,4)14/h6-10H,5H2,1-4H3/t6?,7-,8+,9+/m0/s1. The smallest absolute Gasteiger partial charge is 0.108 e. The highest BCUT2D eigenvalue weighted by Gasteiger charge is 2.41. The summed E-state index contributed by atoms with van der Waals surface area (Å²) in [6.07, 6.45) is -1.80. The molecule has 1 heterocycles. The highest BCUT2D eigenvalue weighted by molar-refractivity contribution is 8.11. The first-order valence-electron chi connectivity index (χ1n) is 4.85. The maximum absolute atomic E-state index is 9.14. The first kappa shape index (κ1) is 12.6. The van der Waals surface area contributed by atoms with Crippen LogP contribution in [0.2, 0.25) is 0 Å². The molecule has 1 unspecified atom stereocenters. The Morgan fingerprint density at radius 3 is 2.43 bits per heavy atom. The number of aliphatic hydroxyl groups excluding tert-OH is 1. The van der Waals surface area contributed by atoms with E-state index in [-0.39, 0.29) is 24.9 Å². The lowest BCUT2D eigenvalue weighted by molar-refractivity contribution is -0.00865. The molecule has 0 bridgehead atoms. The van der Waals surface area contributed by atoms with Gasteiger partial charge in [0.25, 0.3) is 0 Å². The molecule has 3 nitrogen and oxygen atoms in total. The highest BCUT2D eigenvalue weighted by Crippen LogP contribution is 2.44. The molecule has 1 fully saturated rings. The van der Waals surface area contributed by atoms with Gasteiger partial charge in [-0.05, 0) is 20.3 Å². The molecule has 4 atom stereocenters. The topological polar surface area (TPSA) is 38.7 Å². The minimum atomic E-state index is -1.69. The summed E-state index contributed by atoms with van der Waals surface area (Å²) in [7, 11) is 0. The lowest BCUT2D eigenvalue weighted by atomic mass is 10.00. The molecule has 5 heteroatoms. The summed E-state index contributed by atoms with van der Waals surface area (Å²) >= 11 is 5.27. The first-order valence-corrected chi connectivity index (χ1v) is 8.46. The van der Waals surface area contributed by atoms with Crippen LogP contribution in [-0.2, 0) is 21.1 Å². The Balaban J connectivity index is 2.69. The molecule has 1 aliphatic rings. The van der Waals surface area contributed by atoms with Gasteiger partial charge >= 0.3 is 0 Å². The van der Waals surface area contributed by atoms with Crippen LogP contribution in [0.3, 0.4) is 0 Å². The minimum absolute atomic E-state index is 0.00861. The Morgan fingerprint density at radius 1 is 1.43 bits per heavy atom. The van der Waals surface area contributed by atoms with Crippen LogP contribution < -0.4 is 0 Å². The lowest BCUT2D eigenvalue weighted by Crippen LogP contribution is -2.30. The molecule has 0 aromatic rings. The largest absolute Gasteiger partial charge is 0.394 e. The van der Waals surface area contributed by atoms with Crippen molar-refractivity contribution in [2.75, 3.05) is 19.9 Å². The summed E-state index contributed by atoms with van der Waals surface area (Å²) in [5.41, 5.74) is 0. The molecule has 0 radical (unpaired) electrons. The van der Waals surface area contributed by atoms with E-state index in [1.165, 1.54) is 0 Å². The van der Waals surface area contributed by atoms with Crippen LogP contribution in [0.5, 0.6) is 0 Å². The molecule has 0 spiro atoms. The average molecular weight is 238 g/mol. The highest BCUT2D eigenvalue weighted by atomic mass is 32.4. The molecule has 1 rings (SSSR count). The van der Waals surface area contributed by atoms with E-state index in [9.17, 15) is 0 Å². The Bertz CT molecular complexity index is 240. The summed E-state index contributed by atoms with van der Waals surface area (Å²) in [6.45, 7) is 8.00. The van der Waals surface area contributed by atoms with Gasteiger partial charge in [-0.15, -0.1) is 0 Å². The van der Waals surface area contributed by atoms with E-state index < -0.39 is 6.26 Å². The number of hydrogen-bond donors (Lipinski definition) is 1. The molecule has 1 saturated heterocycles. The van der Waals surface area contributed by atoms with Crippen molar-refractivity contribution < 1.29 is 14.4 Å². The van der Waals surface area contributed by atoms with Crippen molar-refractivity contribution in [1.82, 2.24) is 0 Å². The van der Waals surface area contributed by atoms with Crippen LogP contribution in [0, 0.1) is 5.92 Å². The second-order valence-corrected chi connectivity index (χ2v) is 9.60. The molecule has 0 aliphatic carbocycles. The second kappa shape index (κ2) is 4.58. The fraction of sp³-hybridized carbons (Fsp3) is 1.00. The van der Waals surface area contributed by atoms with Crippen molar-refractivity contribution in [3.05, 3.63) is 0 Å². The quantitative estimate of drug-likeness (QED) is 0.755. The van der Waals surface area contributed by atoms with Gasteiger partial charge in [-0.2, -0.15) is 0 Å². The van der Waals surface area contributed by atoms with E-state index in [0.717, 1.165) is 0 Å². The lowest BCUT2D eigenvalue weighted by Gasteiger charge is -2.24. The van der Waals surface area contributed by atoms with Gasteiger partial charge in [0.1, 0.15) is 6.10 Å². The van der Waals surface area contributed by atoms with Gasteiger partial charge in [0.05, 0.1) is 25.1 Å². The van der Waals surface area contributed by atoms with Crippen molar-refractivity contribution in [2.24, 2.45) is 5.92 Å². The van der Waals surface area contributed by atoms with Crippen molar-refractivity contribution in [3.63, 3.8) is 0 Å². The number of ether oxygens (including phenoxy) is 1. The number of hydrogen-bond acceptors (Lipinski definition) is 4. The van der Waals surface area contributed by atoms with Crippen LogP contribution in [0.1, 0.15) is 13.8 Å². The monoisotopic (exact) mass is 238 g/mol. The maximum Gasteiger partial charge on any atom is 0.108 e. The number of aliphatic hydroxyl groups is 1. The average Bonchev–Trinajstić information content (AvgIpc) is 2.30. The summed E-state index contributed by atoms with van der Waals surface area (Å²) < 4.78 is 11.4. The molecule has 0 aromatic heterocycles. The normalized spacial score (nSPS) is 38.9. The Labute approximate surface area is 90.9 Å². The molecule has 1 aliphatic heterocycles. The van der Waals surface area contributed by atoms with E-state index in [4.69, 9.17) is 26.2 Å². The molecule has 14 heavy (non-hydrogen) atoms. The summed E-state index contributed by atoms with van der Waals surface area (Å²) in [6, 6.07) is 0. The Morgan fingerprint density at radius 2 is 2.00 bits per heavy atom. The molecule has 1 N–H and O–H groups in total. The van der Waals surface area contributed by atoms with Gasteiger partial charge in [-0.25, -0.2) is 0 Å². The third kappa shape index (κ3) is 3.01. The van der Waals surface area contributed by atoms with Gasteiger partial charge < -0.3 is 14.4 Å². The predicted octanol–water partition coefficient (Wildman–Crippen LogP) is 1.44. The first-order chi connectivity index (χ1) is 6.35. The Kier molecular flexibility index (Phi) is 4.12. The van der Waals surface area contributed by atoms with Gasteiger partial charge in [0.2, 0.25) is 0 Å². The molecule has 0 saturated carbocycles. The number of rotatable bonds is 3. The maximum atomic E-state index is 9.14. The van der Waals surface area contributed by atoms with Crippen molar-refractivity contribution in [3.8, 4) is 0 Å². The minimum Gasteiger partial charge on any atom is -0.394 e. The zero-order valence-corrected chi connectivity index (χ0v) is 10.8. The van der Waals surface area contributed by atoms with Crippen molar-refractivity contribution in [2.45, 2.75) is 32.2 Å². The van der Waals surface area contributed by atoms with E-state index in [2.05, 4.69) is 6.92 Å². The van der Waals surface area contributed by atoms with Crippen LogP contribution in [0.25, 0.3) is 0 Å². The third-order valence-electron chi connectivity index (χ3n) is 2.57. The molecule has 0 aromatic carbocycles. The molecule has 0 amide bonds. The van der Waals surface area contributed by atoms with Gasteiger partial charge in [0.15, 0.2) is 0 Å². The van der Waals surface area contributed by atoms with Crippen LogP contribution >= 0.6 is 6.26 Å². The van der Waals surface area contributed by atoms with Crippen LogP contribution in [0.15, 0.2) is 0 Å². The fourth-order valence-corrected chi connectivity index (χ4v) is 2.90. The Hall–Kier alpha value is 0.530. The summed E-state index contributed by atoms with van der Waals surface area (Å²) in [5, 5.41) is 9.14. The third-order valence-corrected chi connectivity index (χ3v) is 3.58. The van der Waals surface area contributed by atoms with Gasteiger partial charge in [0, 0.05) is 5.92 Å². The van der Waals surface area contributed by atoms with Crippen molar-refractivity contribution >= 4 is 18.1 Å². The van der Waals surface area contributed by atoms with Gasteiger partial charge in [-0.1, -0.05) is 18.7 Å². The van der Waals surface area contributed by atoms with E-state index in [1.54, 1.807) is 0 Å². The predicted molar refractivity (Wildman–Crippen MR) is 61.6 cm³/mol. The van der Waals surface area contributed by atoms with E-state index in [0.29, 0.717) is 5.92 Å². The van der Waals surface area contributed by atoms with E-state index in [1.807, 2.05) is 20.3 Å². The van der Waals surface area contributed by atoms with Crippen LogP contribution in [0.4, 0.5) is 0 Å². The molecular weight excluding hydrogens is 219 g/mol. The van der Waals surface area contributed by atoms with Crippen molar-refractivity contribution in [1.29, 1.82) is 0 Å². The fourth-order valence-electron chi connectivity index (χ4n) is 1.69. The molecular formula is C9H19O3PS. The zero-order valence-electron chi connectivity index (χ0n) is 9.14.